The van der Waals surface area contributed by atoms with Crippen LogP contribution in [0.15, 0.2) is 91.1 Å². The van der Waals surface area contributed by atoms with Gasteiger partial charge in [0, 0.05) is 40.4 Å². The van der Waals surface area contributed by atoms with Crippen LogP contribution in [0.5, 0.6) is 0 Å². The minimum Gasteiger partial charge on any atom is -0.480 e. The average Bonchev–Trinajstić information content (AvgIpc) is 3.44. The largest absolute Gasteiger partial charge is 0.480 e. The van der Waals surface area contributed by atoms with E-state index in [1.54, 1.807) is 80.7 Å². The third kappa shape index (κ3) is 8.61. The molecule has 0 fully saturated rings. The smallest absolute Gasteiger partial charge is 0.326 e. The second-order valence-electron chi connectivity index (χ2n) is 10.4. The Bertz CT molecular complexity index is 1620. The van der Waals surface area contributed by atoms with Gasteiger partial charge in [-0.05, 0) is 17.5 Å². The van der Waals surface area contributed by atoms with E-state index in [9.17, 15) is 29.1 Å². The molecule has 228 valence electrons. The summed E-state index contributed by atoms with van der Waals surface area (Å²) in [6.07, 6.45) is 1.75. The average molecular weight is 632 g/mol. The number of hydrogen-bond donors (Lipinski definition) is 4. The number of carboxylic acids is 1. The van der Waals surface area contributed by atoms with Crippen molar-refractivity contribution in [2.75, 3.05) is 5.75 Å². The predicted octanol–water partition coefficient (Wildman–Crippen LogP) is 4.94. The van der Waals surface area contributed by atoms with Crippen molar-refractivity contribution >= 4 is 62.4 Å². The number of hydrogen-bond acceptors (Lipinski definition) is 7. The van der Waals surface area contributed by atoms with Crippen LogP contribution in [0.4, 0.5) is 0 Å². The van der Waals surface area contributed by atoms with E-state index in [-0.39, 0.29) is 22.4 Å². The molecule has 9 nitrogen and oxygen atoms in total. The summed E-state index contributed by atoms with van der Waals surface area (Å²) in [7, 11) is 0. The van der Waals surface area contributed by atoms with E-state index in [1.165, 1.54) is 0 Å². The molecule has 0 aliphatic heterocycles. The van der Waals surface area contributed by atoms with Crippen molar-refractivity contribution < 1.29 is 29.1 Å². The highest BCUT2D eigenvalue weighted by atomic mass is 32.2. The normalized spacial score (nSPS) is 13.2. The van der Waals surface area contributed by atoms with Gasteiger partial charge in [-0.15, -0.1) is 0 Å². The van der Waals surface area contributed by atoms with Gasteiger partial charge >= 0.3 is 5.97 Å². The maximum Gasteiger partial charge on any atom is 0.326 e. The molecule has 4 N–H and O–H groups in total. The highest BCUT2D eigenvalue weighted by Crippen LogP contribution is 2.25. The van der Waals surface area contributed by atoms with Crippen LogP contribution in [-0.4, -0.2) is 61.2 Å². The number of nitrogens with one attached hydrogen (secondary N) is 3. The molecule has 0 spiro atoms. The minimum absolute atomic E-state index is 0.0203. The number of para-hydroxylation sites is 1. The molecule has 0 aliphatic carbocycles. The molecule has 0 aliphatic rings. The number of fused-ring (bicyclic) bond motifs is 1. The number of carbonyl (C=O) groups excluding carboxylic acids is 4. The van der Waals surface area contributed by atoms with Gasteiger partial charge in [-0.25, -0.2) is 4.79 Å². The summed E-state index contributed by atoms with van der Waals surface area (Å²) in [5, 5.41) is 14.5. The topological polar surface area (TPSA) is 145 Å². The molecule has 0 radical (unpaired) electrons. The van der Waals surface area contributed by atoms with Crippen molar-refractivity contribution in [2.24, 2.45) is 5.92 Å². The second kappa shape index (κ2) is 15.4. The number of benzene rings is 3. The number of carbonyl (C=O) groups is 5. The van der Waals surface area contributed by atoms with Crippen LogP contribution < -0.4 is 10.6 Å². The van der Waals surface area contributed by atoms with Crippen molar-refractivity contribution in [1.29, 1.82) is 0 Å². The zero-order chi connectivity index (χ0) is 31.6. The molecule has 0 bridgehead atoms. The van der Waals surface area contributed by atoms with Gasteiger partial charge in [-0.2, -0.15) is 0 Å². The lowest BCUT2D eigenvalue weighted by Crippen LogP contribution is -2.55. The van der Waals surface area contributed by atoms with E-state index in [4.69, 9.17) is 0 Å². The van der Waals surface area contributed by atoms with Crippen LogP contribution in [0, 0.1) is 5.92 Å². The predicted molar refractivity (Wildman–Crippen MR) is 174 cm³/mol. The summed E-state index contributed by atoms with van der Waals surface area (Å²) in [5.74, 6) is -2.91. The van der Waals surface area contributed by atoms with Gasteiger partial charge in [0.15, 0.2) is 0 Å². The van der Waals surface area contributed by atoms with Gasteiger partial charge in [0.2, 0.25) is 22.0 Å². The highest BCUT2D eigenvalue weighted by molar-refractivity contribution is 8.18. The Kier molecular flexibility index (Phi) is 11.4. The van der Waals surface area contributed by atoms with Gasteiger partial charge < -0.3 is 20.7 Å². The SMILES string of the molecule is CC(C)[C@H](NC(=O)[C@@H](CSC(=O)c1ccccc1)SC(=O)c1ccccc1)C(=O)N[C@@H](Cc1c[nH]c2ccccc12)C(=O)O. The van der Waals surface area contributed by atoms with E-state index in [2.05, 4.69) is 15.6 Å². The van der Waals surface area contributed by atoms with Gasteiger partial charge in [-0.1, -0.05) is 116 Å². The Balaban J connectivity index is 1.48. The van der Waals surface area contributed by atoms with E-state index < -0.39 is 41.0 Å². The first-order valence-corrected chi connectivity index (χ1v) is 15.9. The Morgan fingerprint density at radius 2 is 1.36 bits per heavy atom. The quantitative estimate of drug-likeness (QED) is 0.162. The van der Waals surface area contributed by atoms with E-state index in [0.717, 1.165) is 40.0 Å². The van der Waals surface area contributed by atoms with E-state index in [1.807, 2.05) is 24.3 Å². The molecule has 44 heavy (non-hydrogen) atoms. The lowest BCUT2D eigenvalue weighted by molar-refractivity contribution is -0.142. The number of thioether (sulfide) groups is 2. The number of aliphatic carboxylic acids is 1. The molecule has 4 aromatic rings. The van der Waals surface area contributed by atoms with Gasteiger partial charge in [0.1, 0.15) is 17.3 Å². The summed E-state index contributed by atoms with van der Waals surface area (Å²) in [6, 6.07) is 22.2. The second-order valence-corrected chi connectivity index (χ2v) is 12.6. The van der Waals surface area contributed by atoms with Crippen molar-refractivity contribution in [3.63, 3.8) is 0 Å². The van der Waals surface area contributed by atoms with Crippen LogP contribution >= 0.6 is 23.5 Å². The van der Waals surface area contributed by atoms with Crippen LogP contribution in [0.3, 0.4) is 0 Å². The molecule has 4 rings (SSSR count). The number of carboxylic acid groups (broad SMARTS) is 1. The fourth-order valence-corrected chi connectivity index (χ4v) is 6.45. The minimum atomic E-state index is -1.25. The molecule has 3 aromatic carbocycles. The fourth-order valence-electron chi connectivity index (χ4n) is 4.51. The molecule has 2 amide bonds. The summed E-state index contributed by atoms with van der Waals surface area (Å²) in [6.45, 7) is 3.45. The standard InChI is InChI=1S/C33H33N3O6S2/c1-20(2)28(30(38)35-26(31(39)40)17-23-18-34-25-16-10-9-15-24(23)25)36-29(37)27(44-33(42)22-13-7-4-8-14-22)19-43-32(41)21-11-5-3-6-12-21/h3-16,18,20,26-28,34H,17,19H2,1-2H3,(H,35,38)(H,36,37)(H,39,40)/t26-,27+,28-/m0/s1. The first-order valence-electron chi connectivity index (χ1n) is 14.0. The van der Waals surface area contributed by atoms with Crippen LogP contribution in [-0.2, 0) is 20.8 Å². The number of amides is 2. The zero-order valence-electron chi connectivity index (χ0n) is 24.2. The molecular weight excluding hydrogens is 599 g/mol. The Labute approximate surface area is 263 Å². The number of H-pyrrole nitrogens is 1. The van der Waals surface area contributed by atoms with Crippen LogP contribution in [0.1, 0.15) is 40.1 Å². The maximum atomic E-state index is 13.6. The third-order valence-electron chi connectivity index (χ3n) is 6.89. The lowest BCUT2D eigenvalue weighted by Gasteiger charge is -2.26. The molecule has 3 atom stereocenters. The highest BCUT2D eigenvalue weighted by Gasteiger charge is 2.33. The summed E-state index contributed by atoms with van der Waals surface area (Å²) >= 11 is 1.69. The summed E-state index contributed by atoms with van der Waals surface area (Å²) in [4.78, 5) is 68.1. The van der Waals surface area contributed by atoms with Crippen molar-refractivity contribution in [1.82, 2.24) is 15.6 Å². The van der Waals surface area contributed by atoms with E-state index in [0.29, 0.717) is 11.1 Å². The van der Waals surface area contributed by atoms with Crippen molar-refractivity contribution in [3.05, 3.63) is 108 Å². The maximum absolute atomic E-state index is 13.6. The Hall–Kier alpha value is -4.35. The summed E-state index contributed by atoms with van der Waals surface area (Å²) < 4.78 is 0. The lowest BCUT2D eigenvalue weighted by atomic mass is 10.0. The monoisotopic (exact) mass is 631 g/mol. The molecule has 0 unspecified atom stereocenters. The number of aromatic amines is 1. The molecule has 0 saturated carbocycles. The first kappa shape index (κ1) is 32.6. The molecular formula is C33H33N3O6S2. The van der Waals surface area contributed by atoms with Crippen molar-refractivity contribution in [2.45, 2.75) is 37.6 Å². The first-order chi connectivity index (χ1) is 21.1. The summed E-state index contributed by atoms with van der Waals surface area (Å²) in [5.41, 5.74) is 2.44. The molecule has 0 saturated heterocycles. The Morgan fingerprint density at radius 1 is 0.773 bits per heavy atom. The zero-order valence-corrected chi connectivity index (χ0v) is 25.8. The van der Waals surface area contributed by atoms with Gasteiger partial charge in [0.05, 0.1) is 0 Å². The van der Waals surface area contributed by atoms with Crippen molar-refractivity contribution in [3.8, 4) is 0 Å². The molecule has 1 aromatic heterocycles. The van der Waals surface area contributed by atoms with Crippen LogP contribution in [0.25, 0.3) is 10.9 Å². The van der Waals surface area contributed by atoms with E-state index >= 15 is 0 Å². The number of rotatable bonds is 13. The molecule has 1 heterocycles. The number of aromatic nitrogens is 1. The van der Waals surface area contributed by atoms with Gasteiger partial charge in [-0.3, -0.25) is 19.2 Å². The Morgan fingerprint density at radius 3 is 1.98 bits per heavy atom. The van der Waals surface area contributed by atoms with Crippen LogP contribution in [0.2, 0.25) is 0 Å². The molecule has 11 heteroatoms. The third-order valence-corrected chi connectivity index (χ3v) is 9.21. The van der Waals surface area contributed by atoms with Gasteiger partial charge in [0.25, 0.3) is 0 Å². The fraction of sp³-hybridized carbons (Fsp3) is 0.242.